The molecule has 0 aliphatic rings. The minimum absolute atomic E-state index is 0.00419. The molecule has 0 saturated carbocycles. The Balaban J connectivity index is 3.20. The van der Waals surface area contributed by atoms with Gasteiger partial charge in [-0.05, 0) is 51.8 Å². The predicted molar refractivity (Wildman–Crippen MR) is 117 cm³/mol. The Morgan fingerprint density at radius 3 is 2.16 bits per heavy atom. The van der Waals surface area contributed by atoms with Gasteiger partial charge in [-0.3, -0.25) is 14.4 Å². The molecule has 0 heterocycles. The van der Waals surface area contributed by atoms with Gasteiger partial charge in [0.25, 0.3) is 0 Å². The van der Waals surface area contributed by atoms with Crippen LogP contribution in [0.4, 0.5) is 4.79 Å². The minimum atomic E-state index is -1.11. The molecule has 3 N–H and O–H groups in total. The monoisotopic (exact) mass is 451 g/mol. The number of esters is 1. The van der Waals surface area contributed by atoms with Crippen LogP contribution in [-0.4, -0.2) is 65.7 Å². The quantitative estimate of drug-likeness (QED) is 0.488. The van der Waals surface area contributed by atoms with Crippen LogP contribution in [0.15, 0.2) is 24.3 Å². The standard InChI is InChI=1S/C22H33N3O7/c1-7-14(2)25(17(27)12-24-21(30)32-22(3,4)5)19(15-8-10-16(26)11-9-15)20(29)23-13-18(28)31-6/h8-11,14,19,26H,7,12-13H2,1-6H3,(H,23,29)(H,24,30). The zero-order valence-corrected chi connectivity index (χ0v) is 19.4. The summed E-state index contributed by atoms with van der Waals surface area (Å²) < 4.78 is 9.71. The third kappa shape index (κ3) is 8.44. The Hall–Kier alpha value is -3.30. The Kier molecular flexibility index (Phi) is 9.96. The van der Waals surface area contributed by atoms with E-state index in [4.69, 9.17) is 4.74 Å². The molecule has 0 bridgehead atoms. The van der Waals surface area contributed by atoms with Gasteiger partial charge in [-0.2, -0.15) is 0 Å². The number of ether oxygens (including phenoxy) is 2. The topological polar surface area (TPSA) is 134 Å². The van der Waals surface area contributed by atoms with Crippen LogP contribution in [0.25, 0.3) is 0 Å². The third-order valence-electron chi connectivity index (χ3n) is 4.51. The fourth-order valence-corrected chi connectivity index (χ4v) is 2.82. The summed E-state index contributed by atoms with van der Waals surface area (Å²) >= 11 is 0. The summed E-state index contributed by atoms with van der Waals surface area (Å²) in [6.07, 6.45) is -0.233. The SMILES string of the molecule is CCC(C)N(C(=O)CNC(=O)OC(C)(C)C)C(C(=O)NCC(=O)OC)c1ccc(O)cc1. The molecular formula is C22H33N3O7. The van der Waals surface area contributed by atoms with E-state index in [1.807, 2.05) is 6.92 Å². The number of phenolic OH excluding ortho intramolecular Hbond substituents is 1. The largest absolute Gasteiger partial charge is 0.508 e. The van der Waals surface area contributed by atoms with Crippen molar-refractivity contribution in [3.05, 3.63) is 29.8 Å². The first-order chi connectivity index (χ1) is 14.9. The number of hydrogen-bond donors (Lipinski definition) is 3. The van der Waals surface area contributed by atoms with Crippen LogP contribution in [-0.2, 0) is 23.9 Å². The summed E-state index contributed by atoms with van der Waals surface area (Å²) in [6.45, 7) is 7.96. The van der Waals surface area contributed by atoms with Gasteiger partial charge in [-0.1, -0.05) is 19.1 Å². The Morgan fingerprint density at radius 1 is 1.06 bits per heavy atom. The lowest BCUT2D eigenvalue weighted by atomic mass is 10.0. The van der Waals surface area contributed by atoms with Crippen LogP contribution in [0.2, 0.25) is 0 Å². The summed E-state index contributed by atoms with van der Waals surface area (Å²) in [7, 11) is 1.20. The zero-order valence-electron chi connectivity index (χ0n) is 19.4. The van der Waals surface area contributed by atoms with Crippen molar-refractivity contribution >= 4 is 23.9 Å². The first-order valence-corrected chi connectivity index (χ1v) is 10.3. The Bertz CT molecular complexity index is 803. The maximum absolute atomic E-state index is 13.1. The van der Waals surface area contributed by atoms with Gasteiger partial charge in [0.05, 0.1) is 7.11 Å². The van der Waals surface area contributed by atoms with Crippen LogP contribution < -0.4 is 10.6 Å². The maximum Gasteiger partial charge on any atom is 0.408 e. The highest BCUT2D eigenvalue weighted by atomic mass is 16.6. The number of benzene rings is 1. The molecule has 10 heteroatoms. The normalized spacial score (nSPS) is 12.8. The highest BCUT2D eigenvalue weighted by molar-refractivity contribution is 5.92. The van der Waals surface area contributed by atoms with Crippen molar-refractivity contribution < 1.29 is 33.8 Å². The van der Waals surface area contributed by atoms with Crippen LogP contribution in [0.5, 0.6) is 5.75 Å². The Labute approximate surface area is 188 Å². The number of phenols is 1. The van der Waals surface area contributed by atoms with Gasteiger partial charge in [-0.25, -0.2) is 4.79 Å². The minimum Gasteiger partial charge on any atom is -0.508 e. The van der Waals surface area contributed by atoms with Gasteiger partial charge < -0.3 is 30.1 Å². The molecule has 1 aromatic carbocycles. The molecule has 0 aliphatic carbocycles. The number of nitrogens with one attached hydrogen (secondary N) is 2. The first kappa shape index (κ1) is 26.7. The van der Waals surface area contributed by atoms with Crippen molar-refractivity contribution in [1.29, 1.82) is 0 Å². The number of amides is 3. The molecule has 1 aromatic rings. The van der Waals surface area contributed by atoms with E-state index >= 15 is 0 Å². The van der Waals surface area contributed by atoms with Gasteiger partial charge in [-0.15, -0.1) is 0 Å². The number of rotatable bonds is 9. The summed E-state index contributed by atoms with van der Waals surface area (Å²) in [5.74, 6) is -1.77. The molecule has 0 saturated heterocycles. The summed E-state index contributed by atoms with van der Waals surface area (Å²) in [5.41, 5.74) is -0.303. The highest BCUT2D eigenvalue weighted by Gasteiger charge is 2.34. The lowest BCUT2D eigenvalue weighted by molar-refractivity contribution is -0.145. The number of aromatic hydroxyl groups is 1. The molecule has 10 nitrogen and oxygen atoms in total. The number of alkyl carbamates (subject to hydrolysis) is 1. The first-order valence-electron chi connectivity index (χ1n) is 10.3. The van der Waals surface area contributed by atoms with Crippen molar-refractivity contribution in [2.45, 2.75) is 58.7 Å². The number of carbonyl (C=O) groups excluding carboxylic acids is 4. The van der Waals surface area contributed by atoms with Gasteiger partial charge in [0, 0.05) is 6.04 Å². The van der Waals surface area contributed by atoms with E-state index in [1.54, 1.807) is 27.7 Å². The second kappa shape index (κ2) is 11.9. The van der Waals surface area contributed by atoms with E-state index in [2.05, 4.69) is 15.4 Å². The van der Waals surface area contributed by atoms with Gasteiger partial charge >= 0.3 is 12.1 Å². The fourth-order valence-electron chi connectivity index (χ4n) is 2.82. The number of hydrogen-bond acceptors (Lipinski definition) is 7. The molecule has 3 amide bonds. The third-order valence-corrected chi connectivity index (χ3v) is 4.51. The van der Waals surface area contributed by atoms with E-state index in [9.17, 15) is 24.3 Å². The average Bonchev–Trinajstić information content (AvgIpc) is 2.72. The summed E-state index contributed by atoms with van der Waals surface area (Å²) in [5, 5.41) is 14.5. The van der Waals surface area contributed by atoms with Gasteiger partial charge in [0.1, 0.15) is 30.5 Å². The van der Waals surface area contributed by atoms with Crippen LogP contribution >= 0.6 is 0 Å². The zero-order chi connectivity index (χ0) is 24.5. The van der Waals surface area contributed by atoms with E-state index in [1.165, 1.54) is 36.3 Å². The molecule has 0 spiro atoms. The molecule has 2 atom stereocenters. The molecule has 0 aromatic heterocycles. The molecule has 0 aliphatic heterocycles. The lowest BCUT2D eigenvalue weighted by Gasteiger charge is -2.36. The van der Waals surface area contributed by atoms with E-state index in [-0.39, 0.29) is 18.3 Å². The number of methoxy groups -OCH3 is 1. The lowest BCUT2D eigenvalue weighted by Crippen LogP contribution is -2.51. The number of carbonyl (C=O) groups is 4. The number of nitrogens with zero attached hydrogens (tertiary/aromatic N) is 1. The molecule has 32 heavy (non-hydrogen) atoms. The van der Waals surface area contributed by atoms with E-state index in [0.717, 1.165) is 0 Å². The summed E-state index contributed by atoms with van der Waals surface area (Å²) in [4.78, 5) is 51.0. The van der Waals surface area contributed by atoms with E-state index in [0.29, 0.717) is 12.0 Å². The Morgan fingerprint density at radius 2 is 1.66 bits per heavy atom. The molecular weight excluding hydrogens is 418 g/mol. The van der Waals surface area contributed by atoms with Crippen molar-refractivity contribution in [2.75, 3.05) is 20.2 Å². The maximum atomic E-state index is 13.1. The second-order valence-corrected chi connectivity index (χ2v) is 8.20. The predicted octanol–water partition coefficient (Wildman–Crippen LogP) is 1.87. The smallest absolute Gasteiger partial charge is 0.408 e. The van der Waals surface area contributed by atoms with Crippen molar-refractivity contribution in [3.63, 3.8) is 0 Å². The van der Waals surface area contributed by atoms with Crippen molar-refractivity contribution in [3.8, 4) is 5.75 Å². The van der Waals surface area contributed by atoms with Crippen molar-refractivity contribution in [2.24, 2.45) is 0 Å². The fraction of sp³-hybridized carbons (Fsp3) is 0.545. The molecule has 1 rings (SSSR count). The van der Waals surface area contributed by atoms with E-state index < -0.39 is 42.1 Å². The molecule has 178 valence electrons. The van der Waals surface area contributed by atoms with Crippen LogP contribution in [0.1, 0.15) is 52.6 Å². The van der Waals surface area contributed by atoms with Crippen LogP contribution in [0, 0.1) is 0 Å². The average molecular weight is 452 g/mol. The van der Waals surface area contributed by atoms with Crippen LogP contribution in [0.3, 0.4) is 0 Å². The molecule has 0 fully saturated rings. The molecule has 0 radical (unpaired) electrons. The second-order valence-electron chi connectivity index (χ2n) is 8.20. The molecule has 2 unspecified atom stereocenters. The highest BCUT2D eigenvalue weighted by Crippen LogP contribution is 2.26. The van der Waals surface area contributed by atoms with Gasteiger partial charge in [0.2, 0.25) is 11.8 Å². The van der Waals surface area contributed by atoms with Gasteiger partial charge in [0.15, 0.2) is 0 Å². The summed E-state index contributed by atoms with van der Waals surface area (Å²) in [6, 6.07) is 4.33. The van der Waals surface area contributed by atoms with Crippen molar-refractivity contribution in [1.82, 2.24) is 15.5 Å².